The van der Waals surface area contributed by atoms with Crippen LogP contribution >= 0.6 is 0 Å². The van der Waals surface area contributed by atoms with Gasteiger partial charge in [-0.25, -0.2) is 9.37 Å². The van der Waals surface area contributed by atoms with Crippen LogP contribution in [-0.4, -0.2) is 17.1 Å². The summed E-state index contributed by atoms with van der Waals surface area (Å²) in [5.74, 6) is 0.814. The van der Waals surface area contributed by atoms with E-state index in [9.17, 15) is 9.65 Å². The van der Waals surface area contributed by atoms with E-state index >= 15 is 0 Å². The number of benzene rings is 2. The SMILES string of the molecule is COc1ccc(/C=C(/C#N)c2nc3ccc(F)cc3[nH]2)cc1. The lowest BCUT2D eigenvalue weighted by molar-refractivity contribution is 0.415. The maximum Gasteiger partial charge on any atom is 0.149 e. The molecule has 4 nitrogen and oxygen atoms in total. The highest BCUT2D eigenvalue weighted by atomic mass is 19.1. The first-order valence-electron chi connectivity index (χ1n) is 6.61. The van der Waals surface area contributed by atoms with E-state index in [0.29, 0.717) is 22.4 Å². The van der Waals surface area contributed by atoms with E-state index in [1.165, 1.54) is 12.1 Å². The Morgan fingerprint density at radius 3 is 2.73 bits per heavy atom. The van der Waals surface area contributed by atoms with Crippen LogP contribution in [0.4, 0.5) is 4.39 Å². The molecule has 0 fully saturated rings. The number of nitrogens with one attached hydrogen (secondary N) is 1. The second-order valence-corrected chi connectivity index (χ2v) is 4.69. The number of hydrogen-bond donors (Lipinski definition) is 1. The van der Waals surface area contributed by atoms with Gasteiger partial charge in [0.05, 0.1) is 23.7 Å². The molecular weight excluding hydrogens is 281 g/mol. The third kappa shape index (κ3) is 2.67. The quantitative estimate of drug-likeness (QED) is 0.748. The summed E-state index contributed by atoms with van der Waals surface area (Å²) < 4.78 is 18.3. The number of rotatable bonds is 3. The van der Waals surface area contributed by atoms with Crippen molar-refractivity contribution in [2.75, 3.05) is 7.11 Å². The van der Waals surface area contributed by atoms with E-state index < -0.39 is 0 Å². The summed E-state index contributed by atoms with van der Waals surface area (Å²) in [7, 11) is 1.60. The number of nitrogens with zero attached hydrogens (tertiary/aromatic N) is 2. The molecule has 1 aromatic heterocycles. The van der Waals surface area contributed by atoms with Gasteiger partial charge >= 0.3 is 0 Å². The van der Waals surface area contributed by atoms with Crippen molar-refractivity contribution in [1.82, 2.24) is 9.97 Å². The summed E-state index contributed by atoms with van der Waals surface area (Å²) in [6, 6.07) is 13.7. The van der Waals surface area contributed by atoms with Gasteiger partial charge in [0.1, 0.15) is 23.5 Å². The summed E-state index contributed by atoms with van der Waals surface area (Å²) in [5.41, 5.74) is 2.41. The summed E-state index contributed by atoms with van der Waals surface area (Å²) in [5, 5.41) is 9.34. The predicted molar refractivity (Wildman–Crippen MR) is 82.5 cm³/mol. The molecule has 0 aliphatic rings. The molecular formula is C17H12FN3O. The first kappa shape index (κ1) is 13.8. The number of halogens is 1. The van der Waals surface area contributed by atoms with Gasteiger partial charge in [0.2, 0.25) is 0 Å². The minimum absolute atomic E-state index is 0.347. The minimum Gasteiger partial charge on any atom is -0.497 e. The van der Waals surface area contributed by atoms with Crippen LogP contribution in [-0.2, 0) is 0 Å². The van der Waals surface area contributed by atoms with Gasteiger partial charge in [-0.2, -0.15) is 5.26 Å². The molecule has 3 rings (SSSR count). The number of imidazole rings is 1. The molecule has 108 valence electrons. The molecule has 0 bridgehead atoms. The van der Waals surface area contributed by atoms with E-state index in [1.807, 2.05) is 24.3 Å². The third-order valence-electron chi connectivity index (χ3n) is 3.25. The molecule has 0 amide bonds. The van der Waals surface area contributed by atoms with E-state index in [-0.39, 0.29) is 5.82 Å². The van der Waals surface area contributed by atoms with Crippen molar-refractivity contribution >= 4 is 22.7 Å². The van der Waals surface area contributed by atoms with Crippen LogP contribution in [0.15, 0.2) is 42.5 Å². The Balaban J connectivity index is 2.01. The number of nitriles is 1. The minimum atomic E-state index is -0.347. The summed E-state index contributed by atoms with van der Waals surface area (Å²) in [6.07, 6.45) is 1.72. The van der Waals surface area contributed by atoms with Crippen molar-refractivity contribution in [2.24, 2.45) is 0 Å². The maximum atomic E-state index is 13.2. The number of allylic oxidation sites excluding steroid dienone is 1. The number of aromatic nitrogens is 2. The van der Waals surface area contributed by atoms with E-state index in [1.54, 1.807) is 19.3 Å². The summed E-state index contributed by atoms with van der Waals surface area (Å²) in [4.78, 5) is 7.28. The first-order chi connectivity index (χ1) is 10.7. The lowest BCUT2D eigenvalue weighted by atomic mass is 10.1. The van der Waals surface area contributed by atoms with E-state index in [4.69, 9.17) is 4.74 Å². The fraction of sp³-hybridized carbons (Fsp3) is 0.0588. The molecule has 0 radical (unpaired) electrons. The first-order valence-corrected chi connectivity index (χ1v) is 6.61. The highest BCUT2D eigenvalue weighted by Gasteiger charge is 2.08. The third-order valence-corrected chi connectivity index (χ3v) is 3.25. The number of ether oxygens (including phenoxy) is 1. The number of aromatic amines is 1. The fourth-order valence-corrected chi connectivity index (χ4v) is 2.13. The van der Waals surface area contributed by atoms with Crippen LogP contribution in [0.2, 0.25) is 0 Å². The maximum absolute atomic E-state index is 13.2. The number of H-pyrrole nitrogens is 1. The van der Waals surface area contributed by atoms with Gasteiger partial charge in [0.25, 0.3) is 0 Å². The number of fused-ring (bicyclic) bond motifs is 1. The van der Waals surface area contributed by atoms with Crippen LogP contribution in [0.5, 0.6) is 5.75 Å². The zero-order valence-electron chi connectivity index (χ0n) is 11.8. The molecule has 3 aromatic rings. The average Bonchev–Trinajstić information content (AvgIpc) is 2.96. The van der Waals surface area contributed by atoms with Gasteiger partial charge < -0.3 is 9.72 Å². The number of methoxy groups -OCH3 is 1. The fourth-order valence-electron chi connectivity index (χ4n) is 2.13. The van der Waals surface area contributed by atoms with E-state index in [0.717, 1.165) is 11.3 Å². The van der Waals surface area contributed by atoms with Crippen LogP contribution in [0, 0.1) is 17.1 Å². The smallest absolute Gasteiger partial charge is 0.149 e. The van der Waals surface area contributed by atoms with Gasteiger partial charge in [0, 0.05) is 0 Å². The highest BCUT2D eigenvalue weighted by Crippen LogP contribution is 2.21. The Morgan fingerprint density at radius 2 is 2.05 bits per heavy atom. The molecule has 0 aliphatic heterocycles. The van der Waals surface area contributed by atoms with Gasteiger partial charge in [-0.3, -0.25) is 0 Å². The Morgan fingerprint density at radius 1 is 1.27 bits per heavy atom. The molecule has 0 atom stereocenters. The van der Waals surface area contributed by atoms with Crippen molar-refractivity contribution in [3.05, 3.63) is 59.7 Å². The van der Waals surface area contributed by atoms with Crippen molar-refractivity contribution < 1.29 is 9.13 Å². The summed E-state index contributed by atoms with van der Waals surface area (Å²) >= 11 is 0. The lowest BCUT2D eigenvalue weighted by Crippen LogP contribution is -1.86. The largest absolute Gasteiger partial charge is 0.497 e. The molecule has 0 unspecified atom stereocenters. The molecule has 22 heavy (non-hydrogen) atoms. The van der Waals surface area contributed by atoms with Gasteiger partial charge in [0.15, 0.2) is 0 Å². The Labute approximate surface area is 126 Å². The van der Waals surface area contributed by atoms with Crippen molar-refractivity contribution in [3.63, 3.8) is 0 Å². The van der Waals surface area contributed by atoms with Crippen LogP contribution in [0.1, 0.15) is 11.4 Å². The average molecular weight is 293 g/mol. The Kier molecular flexibility index (Phi) is 3.58. The van der Waals surface area contributed by atoms with Crippen molar-refractivity contribution in [2.45, 2.75) is 0 Å². The van der Waals surface area contributed by atoms with Crippen LogP contribution in [0.3, 0.4) is 0 Å². The van der Waals surface area contributed by atoms with Crippen LogP contribution in [0.25, 0.3) is 22.7 Å². The summed E-state index contributed by atoms with van der Waals surface area (Å²) in [6.45, 7) is 0. The zero-order valence-corrected chi connectivity index (χ0v) is 11.8. The zero-order chi connectivity index (χ0) is 15.5. The van der Waals surface area contributed by atoms with Crippen molar-refractivity contribution in [1.29, 1.82) is 5.26 Å². The predicted octanol–water partition coefficient (Wildman–Crippen LogP) is 3.77. The van der Waals surface area contributed by atoms with Gasteiger partial charge in [-0.05, 0) is 42.0 Å². The van der Waals surface area contributed by atoms with Gasteiger partial charge in [-0.15, -0.1) is 0 Å². The monoisotopic (exact) mass is 293 g/mol. The standard InChI is InChI=1S/C17H12FN3O/c1-22-14-5-2-11(3-6-14)8-12(10-19)17-20-15-7-4-13(18)9-16(15)21-17/h2-9H,1H3,(H,20,21)/b12-8-. The molecule has 1 N–H and O–H groups in total. The molecule has 0 saturated carbocycles. The van der Waals surface area contributed by atoms with Gasteiger partial charge in [-0.1, -0.05) is 12.1 Å². The van der Waals surface area contributed by atoms with E-state index in [2.05, 4.69) is 16.0 Å². The second kappa shape index (κ2) is 5.70. The van der Waals surface area contributed by atoms with Crippen LogP contribution < -0.4 is 4.74 Å². The highest BCUT2D eigenvalue weighted by molar-refractivity contribution is 5.90. The lowest BCUT2D eigenvalue weighted by Gasteiger charge is -2.00. The number of hydrogen-bond acceptors (Lipinski definition) is 3. The molecule has 0 aliphatic carbocycles. The molecule has 0 spiro atoms. The van der Waals surface area contributed by atoms with Crippen molar-refractivity contribution in [3.8, 4) is 11.8 Å². The molecule has 2 aromatic carbocycles. The second-order valence-electron chi connectivity index (χ2n) is 4.69. The topological polar surface area (TPSA) is 61.7 Å². The Hall–Kier alpha value is -3.13. The molecule has 1 heterocycles. The normalized spacial score (nSPS) is 11.4. The molecule has 0 saturated heterocycles. The molecule has 5 heteroatoms. The Bertz CT molecular complexity index is 888.